The summed E-state index contributed by atoms with van der Waals surface area (Å²) >= 11 is 0. The number of amides is 2. The molecule has 1 fully saturated rings. The molecule has 0 atom stereocenters. The molecule has 2 N–H and O–H groups in total. The summed E-state index contributed by atoms with van der Waals surface area (Å²) in [6.45, 7) is 1.84. The molecular weight excluding hydrogens is 388 g/mol. The number of aryl methyl sites for hydroxylation is 1. The monoisotopic (exact) mass is 416 g/mol. The molecule has 5 nitrogen and oxygen atoms in total. The van der Waals surface area contributed by atoms with Crippen LogP contribution in [0.25, 0.3) is 10.8 Å². The average molecular weight is 417 g/mol. The van der Waals surface area contributed by atoms with Gasteiger partial charge in [-0.1, -0.05) is 61.7 Å². The van der Waals surface area contributed by atoms with Crippen LogP contribution in [0.4, 0.5) is 5.69 Å². The molecule has 1 saturated carbocycles. The van der Waals surface area contributed by atoms with Crippen molar-refractivity contribution in [3.05, 3.63) is 71.8 Å². The maximum atomic E-state index is 13.1. The minimum Gasteiger partial charge on any atom is -0.483 e. The van der Waals surface area contributed by atoms with Gasteiger partial charge in [-0.05, 0) is 54.3 Å². The van der Waals surface area contributed by atoms with E-state index in [0.29, 0.717) is 11.3 Å². The number of nitrogens with one attached hydrogen (secondary N) is 2. The van der Waals surface area contributed by atoms with Gasteiger partial charge in [0, 0.05) is 11.7 Å². The van der Waals surface area contributed by atoms with Crippen molar-refractivity contribution >= 4 is 28.3 Å². The molecule has 4 rings (SSSR count). The van der Waals surface area contributed by atoms with Gasteiger partial charge in [-0.15, -0.1) is 0 Å². The zero-order valence-electron chi connectivity index (χ0n) is 17.8. The van der Waals surface area contributed by atoms with E-state index in [1.54, 1.807) is 0 Å². The van der Waals surface area contributed by atoms with Gasteiger partial charge in [0.05, 0.1) is 5.56 Å². The standard InChI is InChI=1S/C26H28N2O3/c1-18-9-5-8-14-23(18)28-26(30)22-15-19-10-6-7-11-20(19)16-24(22)31-17-25(29)27-21-12-3-2-4-13-21/h5-11,14-16,21H,2-4,12-13,17H2,1H3,(H,27,29)(H,28,30). The van der Waals surface area contributed by atoms with Gasteiger partial charge in [0.1, 0.15) is 5.75 Å². The highest BCUT2D eigenvalue weighted by Crippen LogP contribution is 2.28. The number of fused-ring (bicyclic) bond motifs is 1. The summed E-state index contributed by atoms with van der Waals surface area (Å²) in [6.07, 6.45) is 5.58. The van der Waals surface area contributed by atoms with Crippen LogP contribution in [0.15, 0.2) is 60.7 Å². The Balaban J connectivity index is 1.54. The minimum atomic E-state index is -0.261. The number of benzene rings is 3. The van der Waals surface area contributed by atoms with Crippen molar-refractivity contribution in [1.82, 2.24) is 5.32 Å². The molecule has 31 heavy (non-hydrogen) atoms. The summed E-state index contributed by atoms with van der Waals surface area (Å²) in [5, 5.41) is 7.92. The number of anilines is 1. The number of rotatable bonds is 6. The predicted octanol–water partition coefficient (Wildman–Crippen LogP) is 5.23. The minimum absolute atomic E-state index is 0.112. The van der Waals surface area contributed by atoms with E-state index in [1.807, 2.05) is 67.6 Å². The molecule has 0 unspecified atom stereocenters. The van der Waals surface area contributed by atoms with Gasteiger partial charge in [-0.25, -0.2) is 0 Å². The number of ether oxygens (including phenoxy) is 1. The Morgan fingerprint density at radius 1 is 0.935 bits per heavy atom. The number of para-hydroxylation sites is 1. The molecule has 3 aromatic carbocycles. The lowest BCUT2D eigenvalue weighted by Crippen LogP contribution is -2.39. The largest absolute Gasteiger partial charge is 0.483 e. The van der Waals surface area contributed by atoms with Crippen LogP contribution in [0.3, 0.4) is 0 Å². The zero-order valence-corrected chi connectivity index (χ0v) is 17.8. The highest BCUT2D eigenvalue weighted by atomic mass is 16.5. The first kappa shape index (κ1) is 20.9. The van der Waals surface area contributed by atoms with Gasteiger partial charge in [0.15, 0.2) is 6.61 Å². The first-order valence-corrected chi connectivity index (χ1v) is 10.9. The molecule has 3 aromatic rings. The van der Waals surface area contributed by atoms with Crippen LogP contribution in [-0.2, 0) is 4.79 Å². The Morgan fingerprint density at radius 2 is 1.61 bits per heavy atom. The maximum absolute atomic E-state index is 13.1. The van der Waals surface area contributed by atoms with E-state index in [0.717, 1.165) is 47.7 Å². The van der Waals surface area contributed by atoms with Crippen LogP contribution >= 0.6 is 0 Å². The second-order valence-electron chi connectivity index (χ2n) is 8.16. The summed E-state index contributed by atoms with van der Waals surface area (Å²) in [4.78, 5) is 25.5. The lowest BCUT2D eigenvalue weighted by atomic mass is 9.95. The summed E-state index contributed by atoms with van der Waals surface area (Å²) < 4.78 is 5.86. The fourth-order valence-electron chi connectivity index (χ4n) is 4.08. The molecule has 2 amide bonds. The van der Waals surface area contributed by atoms with E-state index >= 15 is 0 Å². The van der Waals surface area contributed by atoms with Crippen LogP contribution < -0.4 is 15.4 Å². The van der Waals surface area contributed by atoms with Gasteiger partial charge in [-0.2, -0.15) is 0 Å². The number of carbonyl (C=O) groups is 2. The highest BCUT2D eigenvalue weighted by molar-refractivity contribution is 6.09. The van der Waals surface area contributed by atoms with Gasteiger partial charge in [0.25, 0.3) is 11.8 Å². The Kier molecular flexibility index (Phi) is 6.51. The first-order valence-electron chi connectivity index (χ1n) is 10.9. The Bertz CT molecular complexity index is 1090. The second kappa shape index (κ2) is 9.65. The third kappa shape index (κ3) is 5.23. The van der Waals surface area contributed by atoms with Crippen LogP contribution in [0.1, 0.15) is 48.0 Å². The molecule has 1 aliphatic carbocycles. The second-order valence-corrected chi connectivity index (χ2v) is 8.16. The molecule has 0 heterocycles. The van der Waals surface area contributed by atoms with E-state index in [2.05, 4.69) is 10.6 Å². The summed E-state index contributed by atoms with van der Waals surface area (Å²) in [7, 11) is 0. The zero-order chi connectivity index (χ0) is 21.6. The number of hydrogen-bond donors (Lipinski definition) is 2. The smallest absolute Gasteiger partial charge is 0.259 e. The SMILES string of the molecule is Cc1ccccc1NC(=O)c1cc2ccccc2cc1OCC(=O)NC1CCCCC1. The Morgan fingerprint density at radius 3 is 2.35 bits per heavy atom. The summed E-state index contributed by atoms with van der Waals surface area (Å²) in [5.74, 6) is -0.00311. The van der Waals surface area contributed by atoms with Crippen LogP contribution in [0.5, 0.6) is 5.75 Å². The average Bonchev–Trinajstić information content (AvgIpc) is 2.79. The molecule has 5 heteroatoms. The van der Waals surface area contributed by atoms with Crippen LogP contribution in [-0.4, -0.2) is 24.5 Å². The first-order chi connectivity index (χ1) is 15.1. The third-order valence-corrected chi connectivity index (χ3v) is 5.81. The van der Waals surface area contributed by atoms with Crippen molar-refractivity contribution < 1.29 is 14.3 Å². The Labute approximate surface area is 182 Å². The third-order valence-electron chi connectivity index (χ3n) is 5.81. The summed E-state index contributed by atoms with van der Waals surface area (Å²) in [6, 6.07) is 19.3. The molecular formula is C26H28N2O3. The summed E-state index contributed by atoms with van der Waals surface area (Å²) in [5.41, 5.74) is 2.14. The predicted molar refractivity (Wildman–Crippen MR) is 124 cm³/mol. The van der Waals surface area contributed by atoms with E-state index in [1.165, 1.54) is 6.42 Å². The van der Waals surface area contributed by atoms with Crippen molar-refractivity contribution in [2.24, 2.45) is 0 Å². The van der Waals surface area contributed by atoms with Crippen molar-refractivity contribution in [2.75, 3.05) is 11.9 Å². The molecule has 0 aromatic heterocycles. The maximum Gasteiger partial charge on any atom is 0.259 e. The van der Waals surface area contributed by atoms with E-state index in [4.69, 9.17) is 4.74 Å². The normalized spacial score (nSPS) is 14.2. The topological polar surface area (TPSA) is 67.4 Å². The highest BCUT2D eigenvalue weighted by Gasteiger charge is 2.19. The van der Waals surface area contributed by atoms with Crippen LogP contribution in [0, 0.1) is 6.92 Å². The number of hydrogen-bond acceptors (Lipinski definition) is 3. The number of carbonyl (C=O) groups excluding carboxylic acids is 2. The van der Waals surface area contributed by atoms with Crippen molar-refractivity contribution in [3.63, 3.8) is 0 Å². The Hall–Kier alpha value is -3.34. The lowest BCUT2D eigenvalue weighted by molar-refractivity contribution is -0.124. The lowest BCUT2D eigenvalue weighted by Gasteiger charge is -2.23. The molecule has 160 valence electrons. The van der Waals surface area contributed by atoms with Gasteiger partial charge >= 0.3 is 0 Å². The molecule has 0 radical (unpaired) electrons. The van der Waals surface area contributed by atoms with Crippen molar-refractivity contribution in [3.8, 4) is 5.75 Å². The van der Waals surface area contributed by atoms with Gasteiger partial charge in [0.2, 0.25) is 0 Å². The fourth-order valence-corrected chi connectivity index (χ4v) is 4.08. The van der Waals surface area contributed by atoms with E-state index < -0.39 is 0 Å². The van der Waals surface area contributed by atoms with Crippen molar-refractivity contribution in [1.29, 1.82) is 0 Å². The molecule has 0 aliphatic heterocycles. The molecule has 0 saturated heterocycles. The van der Waals surface area contributed by atoms with Gasteiger partial charge in [-0.3, -0.25) is 9.59 Å². The fraction of sp³-hybridized carbons (Fsp3) is 0.308. The molecule has 1 aliphatic rings. The molecule has 0 spiro atoms. The van der Waals surface area contributed by atoms with E-state index in [-0.39, 0.29) is 24.5 Å². The van der Waals surface area contributed by atoms with Gasteiger partial charge < -0.3 is 15.4 Å². The van der Waals surface area contributed by atoms with Crippen molar-refractivity contribution in [2.45, 2.75) is 45.1 Å². The quantitative estimate of drug-likeness (QED) is 0.578. The van der Waals surface area contributed by atoms with E-state index in [9.17, 15) is 9.59 Å². The molecule has 0 bridgehead atoms. The van der Waals surface area contributed by atoms with Crippen LogP contribution in [0.2, 0.25) is 0 Å².